The van der Waals surface area contributed by atoms with Gasteiger partial charge in [-0.3, -0.25) is 5.41 Å². The molecule has 1 N–H and O–H groups in total. The first-order chi connectivity index (χ1) is 13.8. The number of nitrogens with zero attached hydrogens (tertiary/aromatic N) is 3. The Bertz CT molecular complexity index is 1130. The molecule has 1 aromatic carbocycles. The molecule has 2 bridgehead atoms. The van der Waals surface area contributed by atoms with E-state index >= 15 is 0 Å². The Morgan fingerprint density at radius 3 is 2.24 bits per heavy atom. The van der Waals surface area contributed by atoms with Crippen molar-refractivity contribution in [1.82, 2.24) is 0 Å². The maximum Gasteiger partial charge on any atom is 0.244 e. The van der Waals surface area contributed by atoms with Crippen LogP contribution in [0, 0.1) is 63.1 Å². The van der Waals surface area contributed by atoms with Crippen molar-refractivity contribution in [2.24, 2.45) is 16.7 Å². The fourth-order valence-electron chi connectivity index (χ4n) is 4.40. The van der Waals surface area contributed by atoms with Crippen LogP contribution in [-0.4, -0.2) is 5.90 Å². The number of hydrogen-bond acceptors (Lipinski definition) is 7. The van der Waals surface area contributed by atoms with Crippen LogP contribution in [0.2, 0.25) is 0 Å². The van der Waals surface area contributed by atoms with E-state index in [4.69, 9.17) is 14.9 Å². The minimum atomic E-state index is -1.93. The van der Waals surface area contributed by atoms with E-state index in [2.05, 4.69) is 34.1 Å². The van der Waals surface area contributed by atoms with E-state index < -0.39 is 34.5 Å². The van der Waals surface area contributed by atoms with Crippen molar-refractivity contribution < 1.29 is 9.47 Å². The van der Waals surface area contributed by atoms with E-state index in [1.165, 1.54) is 11.3 Å². The highest BCUT2D eigenvalue weighted by atomic mass is 79.9. The van der Waals surface area contributed by atoms with Crippen LogP contribution in [0.3, 0.4) is 0 Å². The second kappa shape index (κ2) is 6.40. The summed E-state index contributed by atoms with van der Waals surface area (Å²) in [5.41, 5.74) is -3.08. The number of benzene rings is 1. The number of nitrogens with one attached hydrogen (secondary N) is 1. The molecule has 8 heteroatoms. The minimum absolute atomic E-state index is 0.408. The van der Waals surface area contributed by atoms with Gasteiger partial charge in [0.05, 0.1) is 24.1 Å². The highest BCUT2D eigenvalue weighted by molar-refractivity contribution is 9.10. The zero-order valence-corrected chi connectivity index (χ0v) is 18.0. The summed E-state index contributed by atoms with van der Waals surface area (Å²) >= 11 is 4.80. The van der Waals surface area contributed by atoms with Crippen LogP contribution in [0.5, 0.6) is 0 Å². The Morgan fingerprint density at radius 1 is 1.07 bits per heavy atom. The Hall–Kier alpha value is -2.70. The highest BCUT2D eigenvalue weighted by Crippen LogP contribution is 2.69. The molecule has 4 unspecified atom stereocenters. The second-order valence-electron chi connectivity index (χ2n) is 7.23. The van der Waals surface area contributed by atoms with Gasteiger partial charge in [0.25, 0.3) is 0 Å². The van der Waals surface area contributed by atoms with Gasteiger partial charge in [0.1, 0.15) is 6.10 Å². The number of hydrogen-bond donors (Lipinski definition) is 1. The van der Waals surface area contributed by atoms with Crippen LogP contribution in [-0.2, 0) is 15.3 Å². The van der Waals surface area contributed by atoms with Gasteiger partial charge in [0.2, 0.25) is 17.1 Å². The molecule has 0 amide bonds. The molecular formula is C21H15BrN4O2S. The zero-order valence-electron chi connectivity index (χ0n) is 15.6. The summed E-state index contributed by atoms with van der Waals surface area (Å²) in [5, 5.41) is 39.1. The molecule has 29 heavy (non-hydrogen) atoms. The van der Waals surface area contributed by atoms with Gasteiger partial charge < -0.3 is 9.47 Å². The SMILES string of the molecule is Cc1ccc(C2OC3(c4ccc(Br)cc4)OC(=N)C(C#N)(C3C)C2(C#N)C#N)s1. The molecular weight excluding hydrogens is 452 g/mol. The van der Waals surface area contributed by atoms with E-state index in [0.717, 1.165) is 9.35 Å². The molecule has 0 saturated carbocycles. The van der Waals surface area contributed by atoms with Crippen molar-refractivity contribution in [2.45, 2.75) is 25.7 Å². The molecule has 0 radical (unpaired) electrons. The summed E-state index contributed by atoms with van der Waals surface area (Å²) in [7, 11) is 0. The average Bonchev–Trinajstić information content (AvgIpc) is 3.21. The van der Waals surface area contributed by atoms with Gasteiger partial charge in [-0.2, -0.15) is 15.8 Å². The van der Waals surface area contributed by atoms with Gasteiger partial charge in [-0.05, 0) is 31.2 Å². The molecule has 3 heterocycles. The lowest BCUT2D eigenvalue weighted by Crippen LogP contribution is -2.57. The molecule has 0 aliphatic carbocycles. The molecule has 2 aliphatic heterocycles. The largest absolute Gasteiger partial charge is 0.443 e. The molecule has 2 aromatic rings. The van der Waals surface area contributed by atoms with Crippen LogP contribution >= 0.6 is 27.3 Å². The second-order valence-corrected chi connectivity index (χ2v) is 9.46. The molecule has 2 saturated heterocycles. The monoisotopic (exact) mass is 466 g/mol. The van der Waals surface area contributed by atoms with Crippen molar-refractivity contribution in [3.63, 3.8) is 0 Å². The number of halogens is 1. The molecule has 6 nitrogen and oxygen atoms in total. The Kier molecular flexibility index (Phi) is 4.33. The smallest absolute Gasteiger partial charge is 0.244 e. The van der Waals surface area contributed by atoms with Crippen molar-refractivity contribution in [3.8, 4) is 18.2 Å². The third-order valence-corrected chi connectivity index (χ3v) is 7.51. The first-order valence-corrected chi connectivity index (χ1v) is 10.4. The fraction of sp³-hybridized carbons (Fsp3) is 0.333. The predicted octanol–water partition coefficient (Wildman–Crippen LogP) is 4.93. The van der Waals surface area contributed by atoms with E-state index in [9.17, 15) is 15.8 Å². The van der Waals surface area contributed by atoms with Crippen molar-refractivity contribution in [3.05, 3.63) is 56.2 Å². The highest BCUT2D eigenvalue weighted by Gasteiger charge is 2.79. The molecule has 4 rings (SSSR count). The van der Waals surface area contributed by atoms with Crippen molar-refractivity contribution in [1.29, 1.82) is 21.2 Å². The lowest BCUT2D eigenvalue weighted by molar-refractivity contribution is -0.287. The molecule has 1 aromatic heterocycles. The van der Waals surface area contributed by atoms with Crippen molar-refractivity contribution in [2.75, 3.05) is 0 Å². The lowest BCUT2D eigenvalue weighted by atomic mass is 9.54. The Labute approximate surface area is 180 Å². The number of thiophene rings is 1. The van der Waals surface area contributed by atoms with E-state index in [-0.39, 0.29) is 0 Å². The summed E-state index contributed by atoms with van der Waals surface area (Å²) in [4.78, 5) is 1.64. The van der Waals surface area contributed by atoms with E-state index in [0.29, 0.717) is 10.4 Å². The van der Waals surface area contributed by atoms with Crippen LogP contribution in [0.1, 0.15) is 28.3 Å². The molecule has 2 aliphatic rings. The van der Waals surface area contributed by atoms with Gasteiger partial charge >= 0.3 is 0 Å². The first kappa shape index (κ1) is 19.6. The third-order valence-electron chi connectivity index (χ3n) is 5.93. The summed E-state index contributed by atoms with van der Waals surface area (Å²) in [6.45, 7) is 3.61. The Balaban J connectivity index is 2.03. The molecule has 0 spiro atoms. The lowest BCUT2D eigenvalue weighted by Gasteiger charge is -2.48. The normalized spacial score (nSPS) is 31.9. The third kappa shape index (κ3) is 2.24. The van der Waals surface area contributed by atoms with Crippen LogP contribution in [0.25, 0.3) is 0 Å². The summed E-state index contributed by atoms with van der Waals surface area (Å²) in [6.07, 6.45) is -1.04. The average molecular weight is 467 g/mol. The minimum Gasteiger partial charge on any atom is -0.443 e. The van der Waals surface area contributed by atoms with E-state index in [1.807, 2.05) is 25.1 Å². The van der Waals surface area contributed by atoms with E-state index in [1.54, 1.807) is 25.1 Å². The summed E-state index contributed by atoms with van der Waals surface area (Å²) in [5.74, 6) is -2.62. The maximum atomic E-state index is 10.2. The predicted molar refractivity (Wildman–Crippen MR) is 108 cm³/mol. The quantitative estimate of drug-likeness (QED) is 0.673. The number of fused-ring (bicyclic) bond motifs is 2. The van der Waals surface area contributed by atoms with Crippen LogP contribution in [0.15, 0.2) is 40.9 Å². The summed E-state index contributed by atoms with van der Waals surface area (Å²) in [6, 6.07) is 17.1. The molecule has 4 atom stereocenters. The number of rotatable bonds is 2. The molecule has 144 valence electrons. The number of nitriles is 3. The standard InChI is InChI=1S/C21H15BrN4O2S/c1-12-3-8-16(29-12)17-19(9-23,10-24)20(11-25)13(2)21(27-17,28-18(20)26)14-4-6-15(22)7-5-14/h3-8,13,17,26H,1-2H3. The Morgan fingerprint density at radius 2 is 1.72 bits per heavy atom. The van der Waals surface area contributed by atoms with Gasteiger partial charge in [-0.1, -0.05) is 35.0 Å². The van der Waals surface area contributed by atoms with Crippen LogP contribution in [0.4, 0.5) is 0 Å². The van der Waals surface area contributed by atoms with Crippen molar-refractivity contribution >= 4 is 33.2 Å². The molecule has 2 fully saturated rings. The van der Waals surface area contributed by atoms with Gasteiger partial charge in [-0.15, -0.1) is 11.3 Å². The maximum absolute atomic E-state index is 10.2. The zero-order chi connectivity index (χ0) is 21.0. The van der Waals surface area contributed by atoms with Gasteiger partial charge in [0, 0.05) is 19.8 Å². The first-order valence-electron chi connectivity index (χ1n) is 8.83. The topological polar surface area (TPSA) is 114 Å². The van der Waals surface area contributed by atoms with Gasteiger partial charge in [-0.25, -0.2) is 0 Å². The number of ether oxygens (including phenoxy) is 2. The van der Waals surface area contributed by atoms with Crippen LogP contribution < -0.4 is 0 Å². The van der Waals surface area contributed by atoms with Gasteiger partial charge in [0.15, 0.2) is 5.41 Å². The fourth-order valence-corrected chi connectivity index (χ4v) is 5.64. The number of aryl methyl sites for hydroxylation is 1. The summed E-state index contributed by atoms with van der Waals surface area (Å²) < 4.78 is 13.2.